The average Bonchev–Trinajstić information content (AvgIpc) is 3.10. The quantitative estimate of drug-likeness (QED) is 0.808. The summed E-state index contributed by atoms with van der Waals surface area (Å²) in [7, 11) is 0. The molecule has 29 heavy (non-hydrogen) atoms. The molecule has 0 spiro atoms. The molecule has 0 radical (unpaired) electrons. The third-order valence-corrected chi connectivity index (χ3v) is 6.84. The normalized spacial score (nSPS) is 26.1. The van der Waals surface area contributed by atoms with Crippen molar-refractivity contribution in [2.24, 2.45) is 16.2 Å². The molecular weight excluding hydrogens is 364 g/mol. The largest absolute Gasteiger partial charge is 0.481 e. The molecule has 1 saturated heterocycles. The Kier molecular flexibility index (Phi) is 4.38. The van der Waals surface area contributed by atoms with Gasteiger partial charge >= 0.3 is 5.97 Å². The summed E-state index contributed by atoms with van der Waals surface area (Å²) in [6, 6.07) is 8.10. The van der Waals surface area contributed by atoms with Crippen LogP contribution in [0.15, 0.2) is 30.5 Å². The van der Waals surface area contributed by atoms with Crippen molar-refractivity contribution < 1.29 is 14.7 Å². The van der Waals surface area contributed by atoms with Crippen molar-refractivity contribution in [3.63, 3.8) is 0 Å². The molecule has 1 aromatic carbocycles. The highest BCUT2D eigenvalue weighted by Gasteiger charge is 2.51. The summed E-state index contributed by atoms with van der Waals surface area (Å²) in [4.78, 5) is 26.9. The van der Waals surface area contributed by atoms with E-state index >= 15 is 0 Å². The number of carbonyl (C=O) groups is 2. The van der Waals surface area contributed by atoms with Crippen LogP contribution in [0.4, 0.5) is 0 Å². The van der Waals surface area contributed by atoms with Crippen molar-refractivity contribution in [3.8, 4) is 0 Å². The van der Waals surface area contributed by atoms with E-state index in [1.54, 1.807) is 13.8 Å². The van der Waals surface area contributed by atoms with Crippen LogP contribution in [0.2, 0.25) is 0 Å². The third kappa shape index (κ3) is 3.56. The van der Waals surface area contributed by atoms with Gasteiger partial charge in [0.1, 0.15) is 0 Å². The van der Waals surface area contributed by atoms with Gasteiger partial charge < -0.3 is 14.6 Å². The zero-order valence-electron chi connectivity index (χ0n) is 18.2. The van der Waals surface area contributed by atoms with Gasteiger partial charge in [-0.25, -0.2) is 0 Å². The van der Waals surface area contributed by atoms with Gasteiger partial charge in [0.25, 0.3) is 5.91 Å². The summed E-state index contributed by atoms with van der Waals surface area (Å²) in [6.07, 6.45) is 5.25. The van der Waals surface area contributed by atoms with Crippen LogP contribution in [0, 0.1) is 16.2 Å². The first kappa shape index (κ1) is 20.0. The Bertz CT molecular complexity index is 987. The lowest BCUT2D eigenvalue weighted by Crippen LogP contribution is -2.37. The molecule has 1 aliphatic heterocycles. The van der Waals surface area contributed by atoms with E-state index in [1.807, 2.05) is 35.0 Å². The molecule has 5 nitrogen and oxygen atoms in total. The predicted molar refractivity (Wildman–Crippen MR) is 114 cm³/mol. The summed E-state index contributed by atoms with van der Waals surface area (Å²) in [5, 5.41) is 10.4. The second kappa shape index (κ2) is 6.35. The first-order valence-electron chi connectivity index (χ1n) is 10.5. The summed E-state index contributed by atoms with van der Waals surface area (Å²) in [5.74, 6) is -0.695. The lowest BCUT2D eigenvalue weighted by atomic mass is 9.65. The van der Waals surface area contributed by atoms with E-state index in [0.717, 1.165) is 35.9 Å². The number of carboxylic acid groups (broad SMARTS) is 1. The molecule has 156 valence electrons. The van der Waals surface area contributed by atoms with Crippen molar-refractivity contribution in [2.45, 2.75) is 66.5 Å². The number of rotatable bonds is 4. The van der Waals surface area contributed by atoms with Crippen molar-refractivity contribution in [2.75, 3.05) is 6.54 Å². The van der Waals surface area contributed by atoms with Gasteiger partial charge in [-0.15, -0.1) is 0 Å². The van der Waals surface area contributed by atoms with E-state index in [9.17, 15) is 14.7 Å². The molecule has 2 atom stereocenters. The van der Waals surface area contributed by atoms with Crippen LogP contribution in [-0.2, 0) is 11.3 Å². The SMILES string of the molecule is CC1(C)CC2CC(C)(CN2C(=O)c2ccc3c(ccn3CC(C)(C)C(=O)O)c2)C1. The van der Waals surface area contributed by atoms with Crippen LogP contribution < -0.4 is 0 Å². The van der Waals surface area contributed by atoms with Gasteiger partial charge in [0.15, 0.2) is 0 Å². The maximum atomic E-state index is 13.4. The first-order valence-corrected chi connectivity index (χ1v) is 10.5. The molecule has 1 aliphatic carbocycles. The number of carbonyl (C=O) groups excluding carboxylic acids is 1. The zero-order valence-corrected chi connectivity index (χ0v) is 18.2. The van der Waals surface area contributed by atoms with Gasteiger partial charge in [-0.3, -0.25) is 9.59 Å². The number of benzene rings is 1. The number of hydrogen-bond acceptors (Lipinski definition) is 2. The number of amides is 1. The Balaban J connectivity index is 1.59. The molecule has 1 aromatic heterocycles. The van der Waals surface area contributed by atoms with Crippen molar-refractivity contribution in [1.82, 2.24) is 9.47 Å². The number of carboxylic acids is 1. The van der Waals surface area contributed by atoms with Crippen LogP contribution in [0.1, 0.15) is 64.2 Å². The minimum Gasteiger partial charge on any atom is -0.481 e. The Hall–Kier alpha value is -2.30. The fourth-order valence-electron chi connectivity index (χ4n) is 5.83. The molecule has 4 rings (SSSR count). The monoisotopic (exact) mass is 396 g/mol. The molecule has 2 heterocycles. The fraction of sp³-hybridized carbons (Fsp3) is 0.583. The molecule has 5 heteroatoms. The average molecular weight is 397 g/mol. The minimum atomic E-state index is -0.851. The molecule has 2 bridgehead atoms. The summed E-state index contributed by atoms with van der Waals surface area (Å²) in [6.45, 7) is 11.6. The summed E-state index contributed by atoms with van der Waals surface area (Å²) >= 11 is 0. The number of likely N-dealkylation sites (tertiary alicyclic amines) is 1. The highest BCUT2D eigenvalue weighted by Crippen LogP contribution is 2.52. The van der Waals surface area contributed by atoms with Gasteiger partial charge in [-0.2, -0.15) is 0 Å². The maximum Gasteiger partial charge on any atom is 0.310 e. The summed E-state index contributed by atoms with van der Waals surface area (Å²) in [5.41, 5.74) is 1.34. The van der Waals surface area contributed by atoms with Gasteiger partial charge in [-0.05, 0) is 68.2 Å². The van der Waals surface area contributed by atoms with Gasteiger partial charge in [0.2, 0.25) is 0 Å². The smallest absolute Gasteiger partial charge is 0.310 e. The molecule has 1 saturated carbocycles. The minimum absolute atomic E-state index is 0.122. The standard InChI is InChI=1S/C24H32N2O3/c1-22(2)11-18-12-24(5,13-22)15-26(18)20(27)17-6-7-19-16(10-17)8-9-25(19)14-23(3,4)21(28)29/h6-10,18H,11-15H2,1-5H3,(H,28,29). The van der Waals surface area contributed by atoms with Crippen molar-refractivity contribution in [1.29, 1.82) is 0 Å². The molecular formula is C24H32N2O3. The first-order chi connectivity index (χ1) is 13.4. The van der Waals surface area contributed by atoms with Crippen LogP contribution >= 0.6 is 0 Å². The van der Waals surface area contributed by atoms with Crippen LogP contribution in [0.5, 0.6) is 0 Å². The number of nitrogens with zero attached hydrogens (tertiary/aromatic N) is 2. The fourth-order valence-corrected chi connectivity index (χ4v) is 5.83. The lowest BCUT2D eigenvalue weighted by Gasteiger charge is -2.39. The molecule has 1 amide bonds. The molecule has 1 N–H and O–H groups in total. The molecule has 2 aromatic rings. The zero-order chi connectivity index (χ0) is 21.2. The second-order valence-electron chi connectivity index (χ2n) is 11.1. The Labute approximate surface area is 172 Å². The predicted octanol–water partition coefficient (Wildman–Crippen LogP) is 4.79. The summed E-state index contributed by atoms with van der Waals surface area (Å²) < 4.78 is 1.96. The van der Waals surface area contributed by atoms with Crippen molar-refractivity contribution in [3.05, 3.63) is 36.0 Å². The molecule has 2 fully saturated rings. The van der Waals surface area contributed by atoms with E-state index in [1.165, 1.54) is 6.42 Å². The third-order valence-electron chi connectivity index (χ3n) is 6.84. The highest BCUT2D eigenvalue weighted by molar-refractivity contribution is 5.98. The molecule has 2 unspecified atom stereocenters. The Morgan fingerprint density at radius 3 is 2.59 bits per heavy atom. The van der Waals surface area contributed by atoms with E-state index in [0.29, 0.717) is 12.6 Å². The van der Waals surface area contributed by atoms with E-state index < -0.39 is 11.4 Å². The topological polar surface area (TPSA) is 62.5 Å². The number of fused-ring (bicyclic) bond motifs is 3. The lowest BCUT2D eigenvalue weighted by molar-refractivity contribution is -0.147. The maximum absolute atomic E-state index is 13.4. The van der Waals surface area contributed by atoms with E-state index in [4.69, 9.17) is 0 Å². The Morgan fingerprint density at radius 2 is 1.90 bits per heavy atom. The second-order valence-corrected chi connectivity index (χ2v) is 11.1. The number of aliphatic carboxylic acids is 1. The number of hydrogen-bond donors (Lipinski definition) is 1. The van der Waals surface area contributed by atoms with Gasteiger partial charge in [0.05, 0.1) is 5.41 Å². The van der Waals surface area contributed by atoms with Gasteiger partial charge in [0, 0.05) is 41.8 Å². The van der Waals surface area contributed by atoms with Gasteiger partial charge in [-0.1, -0.05) is 20.8 Å². The Morgan fingerprint density at radius 1 is 1.17 bits per heavy atom. The highest BCUT2D eigenvalue weighted by atomic mass is 16.4. The van der Waals surface area contributed by atoms with E-state index in [-0.39, 0.29) is 16.7 Å². The van der Waals surface area contributed by atoms with E-state index in [2.05, 4.69) is 25.7 Å². The molecule has 2 aliphatic rings. The van der Waals surface area contributed by atoms with Crippen molar-refractivity contribution >= 4 is 22.8 Å². The van der Waals surface area contributed by atoms with Crippen LogP contribution in [-0.4, -0.2) is 39.0 Å². The van der Waals surface area contributed by atoms with Crippen LogP contribution in [0.25, 0.3) is 10.9 Å². The van der Waals surface area contributed by atoms with Crippen LogP contribution in [0.3, 0.4) is 0 Å². The number of aromatic nitrogens is 1.